The summed E-state index contributed by atoms with van der Waals surface area (Å²) in [6.45, 7) is 2.02. The Morgan fingerprint density at radius 2 is 1.82 bits per heavy atom. The minimum atomic E-state index is -0.446. The van der Waals surface area contributed by atoms with Crippen LogP contribution in [-0.2, 0) is 13.0 Å². The Bertz CT molecular complexity index is 1430. The average Bonchev–Trinajstić information content (AvgIpc) is 3.19. The fourth-order valence-electron chi connectivity index (χ4n) is 4.17. The van der Waals surface area contributed by atoms with E-state index < -0.39 is 11.7 Å². The SMILES string of the molecule is Cc1c(F)cccc1C(=O)Nc1ccc(C(=O)N2Cc3sccc3Cc3ccccc32)c(Cl)c1. The van der Waals surface area contributed by atoms with E-state index in [1.54, 1.807) is 47.4 Å². The van der Waals surface area contributed by atoms with Gasteiger partial charge >= 0.3 is 0 Å². The second kappa shape index (κ2) is 9.05. The van der Waals surface area contributed by atoms with E-state index in [1.165, 1.54) is 17.7 Å². The molecule has 2 heterocycles. The van der Waals surface area contributed by atoms with Crippen molar-refractivity contribution in [3.63, 3.8) is 0 Å². The first-order valence-corrected chi connectivity index (χ1v) is 12.0. The number of para-hydroxylation sites is 1. The molecular formula is C27H20ClFN2O2S. The lowest BCUT2D eigenvalue weighted by Crippen LogP contribution is -2.30. The van der Waals surface area contributed by atoms with Crippen LogP contribution in [0.25, 0.3) is 0 Å². The molecular weight excluding hydrogens is 471 g/mol. The number of nitrogens with zero attached hydrogens (tertiary/aromatic N) is 1. The second-order valence-corrected chi connectivity index (χ2v) is 9.53. The Kier molecular flexibility index (Phi) is 5.94. The van der Waals surface area contributed by atoms with Crippen molar-refractivity contribution in [1.29, 1.82) is 0 Å². The van der Waals surface area contributed by atoms with Gasteiger partial charge < -0.3 is 10.2 Å². The molecule has 1 aliphatic rings. The molecule has 0 atom stereocenters. The van der Waals surface area contributed by atoms with Gasteiger partial charge in [-0.15, -0.1) is 11.3 Å². The molecule has 1 aliphatic heterocycles. The maximum atomic E-state index is 13.8. The van der Waals surface area contributed by atoms with Gasteiger partial charge in [-0.1, -0.05) is 35.9 Å². The summed E-state index contributed by atoms with van der Waals surface area (Å²) < 4.78 is 13.8. The van der Waals surface area contributed by atoms with Crippen molar-refractivity contribution in [2.45, 2.75) is 19.9 Å². The van der Waals surface area contributed by atoms with Crippen LogP contribution in [0.15, 0.2) is 72.1 Å². The number of hydrogen-bond donors (Lipinski definition) is 1. The first-order chi connectivity index (χ1) is 16.4. The van der Waals surface area contributed by atoms with E-state index in [0.717, 1.165) is 22.5 Å². The van der Waals surface area contributed by atoms with Gasteiger partial charge in [0.15, 0.2) is 0 Å². The molecule has 0 aliphatic carbocycles. The van der Waals surface area contributed by atoms with Crippen LogP contribution >= 0.6 is 22.9 Å². The highest BCUT2D eigenvalue weighted by molar-refractivity contribution is 7.10. The first kappa shape index (κ1) is 22.3. The van der Waals surface area contributed by atoms with E-state index in [2.05, 4.69) is 11.4 Å². The van der Waals surface area contributed by atoms with Gasteiger partial charge in [0.1, 0.15) is 5.82 Å². The number of anilines is 2. The molecule has 34 heavy (non-hydrogen) atoms. The molecule has 5 rings (SSSR count). The standard InChI is InChI=1S/C27H20ClFN2O2S/c1-16-20(6-4-7-23(16)29)26(32)30-19-9-10-21(22(28)14-19)27(33)31-15-25-18(11-12-34-25)13-17-5-2-3-8-24(17)31/h2-12,14H,13,15H2,1H3,(H,30,32). The van der Waals surface area contributed by atoms with Crippen LogP contribution in [0.5, 0.6) is 0 Å². The molecule has 0 saturated carbocycles. The normalized spacial score (nSPS) is 12.5. The predicted molar refractivity (Wildman–Crippen MR) is 135 cm³/mol. The lowest BCUT2D eigenvalue weighted by atomic mass is 10.1. The quantitative estimate of drug-likeness (QED) is 0.341. The van der Waals surface area contributed by atoms with Crippen molar-refractivity contribution < 1.29 is 14.0 Å². The van der Waals surface area contributed by atoms with E-state index in [9.17, 15) is 14.0 Å². The van der Waals surface area contributed by atoms with Crippen molar-refractivity contribution in [3.8, 4) is 0 Å². The number of hydrogen-bond acceptors (Lipinski definition) is 3. The van der Waals surface area contributed by atoms with E-state index in [0.29, 0.717) is 17.8 Å². The zero-order valence-electron chi connectivity index (χ0n) is 18.3. The van der Waals surface area contributed by atoms with Gasteiger partial charge in [0.05, 0.1) is 17.1 Å². The molecule has 4 nitrogen and oxygen atoms in total. The number of amides is 2. The van der Waals surface area contributed by atoms with Crippen LogP contribution in [0.4, 0.5) is 15.8 Å². The molecule has 0 saturated heterocycles. The average molecular weight is 491 g/mol. The van der Waals surface area contributed by atoms with E-state index >= 15 is 0 Å². The van der Waals surface area contributed by atoms with Crippen molar-refractivity contribution in [3.05, 3.63) is 116 Å². The number of benzene rings is 3. The minimum Gasteiger partial charge on any atom is -0.322 e. The molecule has 0 unspecified atom stereocenters. The Morgan fingerprint density at radius 3 is 2.65 bits per heavy atom. The summed E-state index contributed by atoms with van der Waals surface area (Å²) in [5.41, 5.74) is 4.45. The van der Waals surface area contributed by atoms with Crippen LogP contribution in [-0.4, -0.2) is 11.8 Å². The van der Waals surface area contributed by atoms with Crippen LogP contribution in [0.1, 0.15) is 42.3 Å². The van der Waals surface area contributed by atoms with Gasteiger partial charge in [-0.3, -0.25) is 9.59 Å². The van der Waals surface area contributed by atoms with Crippen LogP contribution in [0.2, 0.25) is 5.02 Å². The van der Waals surface area contributed by atoms with E-state index in [1.807, 2.05) is 29.6 Å². The van der Waals surface area contributed by atoms with Crippen LogP contribution in [0.3, 0.4) is 0 Å². The molecule has 0 fully saturated rings. The molecule has 170 valence electrons. The van der Waals surface area contributed by atoms with Gasteiger partial charge in [0, 0.05) is 28.2 Å². The Morgan fingerprint density at radius 1 is 1.00 bits per heavy atom. The maximum Gasteiger partial charge on any atom is 0.260 e. The number of nitrogens with one attached hydrogen (secondary N) is 1. The summed E-state index contributed by atoms with van der Waals surface area (Å²) in [6, 6.07) is 19.1. The summed E-state index contributed by atoms with van der Waals surface area (Å²) >= 11 is 8.16. The number of carbonyl (C=O) groups excluding carboxylic acids is 2. The zero-order valence-corrected chi connectivity index (χ0v) is 19.8. The predicted octanol–water partition coefficient (Wildman–Crippen LogP) is 6.85. The molecule has 1 N–H and O–H groups in total. The minimum absolute atomic E-state index is 0.211. The molecule has 2 amide bonds. The number of fused-ring (bicyclic) bond motifs is 2. The number of halogens is 2. The molecule has 3 aromatic carbocycles. The van der Waals surface area contributed by atoms with Gasteiger partial charge in [0.2, 0.25) is 0 Å². The lowest BCUT2D eigenvalue weighted by molar-refractivity contribution is 0.0984. The molecule has 0 spiro atoms. The van der Waals surface area contributed by atoms with Crippen molar-refractivity contribution in [1.82, 2.24) is 0 Å². The number of carbonyl (C=O) groups is 2. The summed E-state index contributed by atoms with van der Waals surface area (Å²) in [4.78, 5) is 29.2. The van der Waals surface area contributed by atoms with E-state index in [-0.39, 0.29) is 22.1 Å². The summed E-state index contributed by atoms with van der Waals surface area (Å²) in [6.07, 6.45) is 0.775. The van der Waals surface area contributed by atoms with Gasteiger partial charge in [-0.25, -0.2) is 4.39 Å². The highest BCUT2D eigenvalue weighted by atomic mass is 35.5. The van der Waals surface area contributed by atoms with Crippen molar-refractivity contribution in [2.24, 2.45) is 0 Å². The summed E-state index contributed by atoms with van der Waals surface area (Å²) in [5.74, 6) is -1.10. The first-order valence-electron chi connectivity index (χ1n) is 10.7. The maximum absolute atomic E-state index is 13.8. The van der Waals surface area contributed by atoms with Crippen LogP contribution < -0.4 is 10.2 Å². The molecule has 1 aromatic heterocycles. The van der Waals surface area contributed by atoms with E-state index in [4.69, 9.17) is 11.6 Å². The second-order valence-electron chi connectivity index (χ2n) is 8.13. The highest BCUT2D eigenvalue weighted by Crippen LogP contribution is 2.35. The highest BCUT2D eigenvalue weighted by Gasteiger charge is 2.27. The van der Waals surface area contributed by atoms with Crippen molar-refractivity contribution >= 4 is 46.1 Å². The fraction of sp³-hybridized carbons (Fsp3) is 0.111. The third kappa shape index (κ3) is 4.11. The fourth-order valence-corrected chi connectivity index (χ4v) is 5.32. The van der Waals surface area contributed by atoms with Crippen LogP contribution in [0, 0.1) is 12.7 Å². The topological polar surface area (TPSA) is 49.4 Å². The number of rotatable bonds is 3. The molecule has 0 radical (unpaired) electrons. The molecule has 4 aromatic rings. The third-order valence-corrected chi connectivity index (χ3v) is 7.28. The van der Waals surface area contributed by atoms with Gasteiger partial charge in [0.25, 0.3) is 11.8 Å². The zero-order chi connectivity index (χ0) is 23.8. The van der Waals surface area contributed by atoms with Gasteiger partial charge in [-0.05, 0) is 71.5 Å². The molecule has 0 bridgehead atoms. The Balaban J connectivity index is 1.43. The Labute approximate surface area is 205 Å². The summed E-state index contributed by atoms with van der Waals surface area (Å²) in [5, 5.41) is 5.01. The largest absolute Gasteiger partial charge is 0.322 e. The number of thiophene rings is 1. The Hall–Kier alpha value is -3.48. The monoisotopic (exact) mass is 490 g/mol. The third-order valence-electron chi connectivity index (χ3n) is 6.02. The van der Waals surface area contributed by atoms with Crippen molar-refractivity contribution in [2.75, 3.05) is 10.2 Å². The smallest absolute Gasteiger partial charge is 0.260 e. The lowest BCUT2D eigenvalue weighted by Gasteiger charge is -2.23. The van der Waals surface area contributed by atoms with Gasteiger partial charge in [-0.2, -0.15) is 0 Å². The molecule has 7 heteroatoms. The summed E-state index contributed by atoms with van der Waals surface area (Å²) in [7, 11) is 0.